The maximum atomic E-state index is 12.5. The van der Waals surface area contributed by atoms with Gasteiger partial charge in [0, 0.05) is 37.6 Å². The van der Waals surface area contributed by atoms with E-state index < -0.39 is 0 Å². The molecule has 0 amide bonds. The van der Waals surface area contributed by atoms with E-state index >= 15 is 0 Å². The number of nitrogens with one attached hydrogen (secondary N) is 1. The van der Waals surface area contributed by atoms with Crippen LogP contribution in [0.5, 0.6) is 0 Å². The second kappa shape index (κ2) is 10.7. The van der Waals surface area contributed by atoms with Gasteiger partial charge in [0.1, 0.15) is 21.3 Å². The largest absolute Gasteiger partial charge is 0.462 e. The van der Waals surface area contributed by atoms with Gasteiger partial charge in [0.25, 0.3) is 0 Å². The number of aryl methyl sites for hydroxylation is 1. The Balaban J connectivity index is 1.62. The molecule has 1 N–H and O–H groups in total. The average Bonchev–Trinajstić information content (AvgIpc) is 3.16. The van der Waals surface area contributed by atoms with Crippen LogP contribution in [0.25, 0.3) is 10.2 Å². The van der Waals surface area contributed by atoms with E-state index in [4.69, 9.17) is 14.7 Å². The Morgan fingerprint density at radius 3 is 2.44 bits per heavy atom. The predicted molar refractivity (Wildman–Crippen MR) is 140 cm³/mol. The number of fused-ring (bicyclic) bond motifs is 1. The smallest absolute Gasteiger partial charge is 0.348 e. The van der Waals surface area contributed by atoms with Crippen LogP contribution in [-0.4, -0.2) is 79.2 Å². The number of anilines is 3. The number of carbonyl (C=O) groups is 1. The third-order valence-corrected chi connectivity index (χ3v) is 7.24. The van der Waals surface area contributed by atoms with Crippen LogP contribution in [0.1, 0.15) is 34.9 Å². The Bertz CT molecular complexity index is 1140. The molecule has 1 aliphatic heterocycles. The summed E-state index contributed by atoms with van der Waals surface area (Å²) in [6, 6.07) is 8.51. The van der Waals surface area contributed by atoms with Crippen molar-refractivity contribution < 1.29 is 9.53 Å². The molecule has 34 heavy (non-hydrogen) atoms. The lowest BCUT2D eigenvalue weighted by Gasteiger charge is -2.35. The van der Waals surface area contributed by atoms with Gasteiger partial charge in [0.05, 0.1) is 18.5 Å². The summed E-state index contributed by atoms with van der Waals surface area (Å²) in [5.74, 6) is 1.12. The summed E-state index contributed by atoms with van der Waals surface area (Å²) in [6.45, 7) is 12.3. The zero-order valence-corrected chi connectivity index (χ0v) is 21.5. The number of ether oxygens (including phenoxy) is 1. The Morgan fingerprint density at radius 1 is 1.12 bits per heavy atom. The molecule has 1 fully saturated rings. The van der Waals surface area contributed by atoms with Crippen LogP contribution in [0.4, 0.5) is 17.2 Å². The lowest BCUT2D eigenvalue weighted by molar-refractivity contribution is 0.0531. The fourth-order valence-electron chi connectivity index (χ4n) is 4.23. The zero-order chi connectivity index (χ0) is 24.2. The molecule has 1 saturated heterocycles. The fraction of sp³-hybridized carbons (Fsp3) is 0.480. The highest BCUT2D eigenvalue weighted by Gasteiger charge is 2.22. The predicted octanol–water partition coefficient (Wildman–Crippen LogP) is 4.12. The first-order valence-corrected chi connectivity index (χ1v) is 12.7. The van der Waals surface area contributed by atoms with Crippen LogP contribution in [0.15, 0.2) is 24.3 Å². The van der Waals surface area contributed by atoms with Gasteiger partial charge < -0.3 is 24.8 Å². The first-order chi connectivity index (χ1) is 16.4. The monoisotopic (exact) mass is 482 g/mol. The Morgan fingerprint density at radius 2 is 1.82 bits per heavy atom. The van der Waals surface area contributed by atoms with Crippen molar-refractivity contribution in [1.82, 2.24) is 19.8 Å². The lowest BCUT2D eigenvalue weighted by Crippen LogP contribution is -2.46. The SMILES string of the molecule is CCOC(=O)c1sc2nc(CN(C)C)nc(Nc3ccc(N4CCN(CC)CC4)cc3)c2c1C. The van der Waals surface area contributed by atoms with Crippen molar-refractivity contribution in [3.05, 3.63) is 40.5 Å². The summed E-state index contributed by atoms with van der Waals surface area (Å²) in [7, 11) is 3.98. The quantitative estimate of drug-likeness (QED) is 0.481. The molecule has 2 aromatic heterocycles. The zero-order valence-electron chi connectivity index (χ0n) is 20.7. The second-order valence-corrected chi connectivity index (χ2v) is 9.78. The third kappa shape index (κ3) is 5.32. The van der Waals surface area contributed by atoms with Gasteiger partial charge >= 0.3 is 5.97 Å². The van der Waals surface area contributed by atoms with Crippen LogP contribution < -0.4 is 10.2 Å². The molecule has 9 heteroatoms. The van der Waals surface area contributed by atoms with Crippen molar-refractivity contribution >= 4 is 44.7 Å². The molecule has 1 aliphatic rings. The van der Waals surface area contributed by atoms with Crippen LogP contribution in [0.2, 0.25) is 0 Å². The third-order valence-electron chi connectivity index (χ3n) is 6.07. The van der Waals surface area contributed by atoms with Gasteiger partial charge in [-0.05, 0) is 64.3 Å². The topological polar surface area (TPSA) is 73.8 Å². The van der Waals surface area contributed by atoms with E-state index in [-0.39, 0.29) is 5.97 Å². The number of benzene rings is 1. The normalized spacial score (nSPS) is 14.7. The number of hydrogen-bond acceptors (Lipinski definition) is 9. The first kappa shape index (κ1) is 24.4. The van der Waals surface area contributed by atoms with Crippen LogP contribution in [0, 0.1) is 6.92 Å². The molecule has 1 aromatic carbocycles. The minimum Gasteiger partial charge on any atom is -0.462 e. The van der Waals surface area contributed by atoms with Crippen molar-refractivity contribution in [2.75, 3.05) is 63.6 Å². The van der Waals surface area contributed by atoms with Crippen molar-refractivity contribution in [3.63, 3.8) is 0 Å². The van der Waals surface area contributed by atoms with Crippen molar-refractivity contribution in [1.29, 1.82) is 0 Å². The maximum absolute atomic E-state index is 12.5. The van der Waals surface area contributed by atoms with Crippen molar-refractivity contribution in [3.8, 4) is 0 Å². The average molecular weight is 483 g/mol. The molecule has 0 spiro atoms. The van der Waals surface area contributed by atoms with Gasteiger partial charge in [-0.1, -0.05) is 6.92 Å². The number of rotatable bonds is 8. The molecule has 0 aliphatic carbocycles. The summed E-state index contributed by atoms with van der Waals surface area (Å²) in [5, 5.41) is 4.36. The molecule has 3 heterocycles. The standard InChI is InChI=1S/C25H34N6O2S/c1-6-30-12-14-31(15-13-30)19-10-8-18(9-11-19)26-23-21-17(3)22(25(32)33-7-2)34-24(21)28-20(27-23)16-29(4)5/h8-11H,6-7,12-16H2,1-5H3,(H,26,27,28). The second-order valence-electron chi connectivity index (χ2n) is 8.78. The van der Waals surface area contributed by atoms with E-state index in [9.17, 15) is 4.79 Å². The summed E-state index contributed by atoms with van der Waals surface area (Å²) < 4.78 is 5.26. The van der Waals surface area contributed by atoms with Crippen LogP contribution in [-0.2, 0) is 11.3 Å². The van der Waals surface area contributed by atoms with Gasteiger partial charge in [0.15, 0.2) is 0 Å². The van der Waals surface area contributed by atoms with Crippen LogP contribution in [0.3, 0.4) is 0 Å². The van der Waals surface area contributed by atoms with Crippen molar-refractivity contribution in [2.24, 2.45) is 0 Å². The molecule has 0 unspecified atom stereocenters. The first-order valence-electron chi connectivity index (χ1n) is 11.9. The summed E-state index contributed by atoms with van der Waals surface area (Å²) in [5.41, 5.74) is 3.04. The molecule has 0 atom stereocenters. The molecule has 0 saturated carbocycles. The molecule has 8 nitrogen and oxygen atoms in total. The van der Waals surface area contributed by atoms with Crippen molar-refractivity contribution in [2.45, 2.75) is 27.3 Å². The summed E-state index contributed by atoms with van der Waals surface area (Å²) >= 11 is 1.37. The minimum atomic E-state index is -0.310. The molecule has 0 bridgehead atoms. The number of aromatic nitrogens is 2. The summed E-state index contributed by atoms with van der Waals surface area (Å²) in [6.07, 6.45) is 0. The van der Waals surface area contributed by atoms with E-state index in [0.29, 0.717) is 23.9 Å². The number of nitrogens with zero attached hydrogens (tertiary/aromatic N) is 5. The van der Waals surface area contributed by atoms with Gasteiger partial charge in [0.2, 0.25) is 0 Å². The minimum absolute atomic E-state index is 0.310. The highest BCUT2D eigenvalue weighted by Crippen LogP contribution is 2.36. The maximum Gasteiger partial charge on any atom is 0.348 e. The number of esters is 1. The highest BCUT2D eigenvalue weighted by molar-refractivity contribution is 7.20. The molecule has 0 radical (unpaired) electrons. The molecule has 4 rings (SSSR count). The fourth-order valence-corrected chi connectivity index (χ4v) is 5.33. The van der Waals surface area contributed by atoms with E-state index in [1.54, 1.807) is 0 Å². The lowest BCUT2D eigenvalue weighted by atomic mass is 10.2. The number of piperazine rings is 1. The molecular weight excluding hydrogens is 448 g/mol. The number of hydrogen-bond donors (Lipinski definition) is 1. The number of thiophene rings is 1. The molecular formula is C25H34N6O2S. The van der Waals surface area contributed by atoms with Gasteiger partial charge in [-0.2, -0.15) is 0 Å². The Kier molecular flexibility index (Phi) is 7.65. The van der Waals surface area contributed by atoms with E-state index in [2.05, 4.69) is 46.3 Å². The van der Waals surface area contributed by atoms with E-state index in [0.717, 1.165) is 60.0 Å². The van der Waals surface area contributed by atoms with E-state index in [1.165, 1.54) is 17.0 Å². The molecule has 182 valence electrons. The molecule has 3 aromatic rings. The van der Waals surface area contributed by atoms with Gasteiger partial charge in [-0.15, -0.1) is 11.3 Å². The Hall–Kier alpha value is -2.75. The highest BCUT2D eigenvalue weighted by atomic mass is 32.1. The summed E-state index contributed by atoms with van der Waals surface area (Å²) in [4.78, 5) is 30.4. The number of likely N-dealkylation sites (N-methyl/N-ethyl adjacent to an activating group) is 1. The van der Waals surface area contributed by atoms with Gasteiger partial charge in [-0.3, -0.25) is 0 Å². The van der Waals surface area contributed by atoms with Gasteiger partial charge in [-0.25, -0.2) is 14.8 Å². The Labute approximate surface area is 205 Å². The number of carbonyl (C=O) groups excluding carboxylic acids is 1. The van der Waals surface area contributed by atoms with E-state index in [1.807, 2.05) is 32.8 Å². The van der Waals surface area contributed by atoms with Crippen LogP contribution >= 0.6 is 11.3 Å².